The van der Waals surface area contributed by atoms with Crippen LogP contribution in [0, 0.1) is 0 Å². The lowest BCUT2D eigenvalue weighted by atomic mass is 9.74. The molecule has 2 aromatic rings. The van der Waals surface area contributed by atoms with Crippen molar-refractivity contribution in [3.8, 4) is 11.5 Å². The van der Waals surface area contributed by atoms with Gasteiger partial charge in [-0.3, -0.25) is 0 Å². The molecule has 0 radical (unpaired) electrons. The summed E-state index contributed by atoms with van der Waals surface area (Å²) >= 11 is 0. The van der Waals surface area contributed by atoms with E-state index >= 15 is 0 Å². The quantitative estimate of drug-likeness (QED) is 0.531. The highest BCUT2D eigenvalue weighted by Gasteiger charge is 2.28. The molecule has 0 spiro atoms. The second kappa shape index (κ2) is 8.12. The molecule has 144 valence electrons. The average Bonchev–Trinajstić information content (AvgIpc) is 2.60. The Morgan fingerprint density at radius 1 is 0.852 bits per heavy atom. The van der Waals surface area contributed by atoms with Crippen molar-refractivity contribution >= 4 is 12.3 Å². The normalized spacial score (nSPS) is 11.1. The monoisotopic (exact) mass is 372 g/mol. The molecule has 0 aliphatic rings. The van der Waals surface area contributed by atoms with Gasteiger partial charge < -0.3 is 19.7 Å². The molecule has 27 heavy (non-hydrogen) atoms. The van der Waals surface area contributed by atoms with Gasteiger partial charge in [0.15, 0.2) is 0 Å². The van der Waals surface area contributed by atoms with Gasteiger partial charge in [-0.25, -0.2) is 9.59 Å². The highest BCUT2D eigenvalue weighted by molar-refractivity contribution is 5.64. The van der Waals surface area contributed by atoms with E-state index in [0.717, 1.165) is 28.7 Å². The van der Waals surface area contributed by atoms with Crippen LogP contribution in [-0.4, -0.2) is 22.5 Å². The zero-order chi connectivity index (χ0) is 20.2. The van der Waals surface area contributed by atoms with Gasteiger partial charge >= 0.3 is 12.3 Å². The van der Waals surface area contributed by atoms with Crippen molar-refractivity contribution in [1.82, 2.24) is 0 Å². The zero-order valence-electron chi connectivity index (χ0n) is 15.9. The Balaban J connectivity index is 2.51. The summed E-state index contributed by atoms with van der Waals surface area (Å²) in [6.45, 7) is 8.15. The number of hydrogen-bond acceptors (Lipinski definition) is 4. The SMILES string of the molecule is CCc1c(OC(=O)O)ccc(C(C)(C)c2ccc(OC(=O)O)cc2)c1CC. The van der Waals surface area contributed by atoms with Crippen LogP contribution in [-0.2, 0) is 18.3 Å². The fourth-order valence-corrected chi connectivity index (χ4v) is 3.43. The van der Waals surface area contributed by atoms with Crippen molar-refractivity contribution in [2.24, 2.45) is 0 Å². The molecule has 2 aromatic carbocycles. The van der Waals surface area contributed by atoms with Crippen LogP contribution in [0.2, 0.25) is 0 Å². The van der Waals surface area contributed by atoms with E-state index in [2.05, 4.69) is 18.6 Å². The van der Waals surface area contributed by atoms with Crippen molar-refractivity contribution in [3.63, 3.8) is 0 Å². The Morgan fingerprint density at radius 3 is 1.89 bits per heavy atom. The van der Waals surface area contributed by atoms with Crippen LogP contribution in [0.4, 0.5) is 9.59 Å². The van der Waals surface area contributed by atoms with E-state index < -0.39 is 12.3 Å². The molecule has 0 saturated heterocycles. The number of benzene rings is 2. The maximum atomic E-state index is 11.0. The van der Waals surface area contributed by atoms with Crippen molar-refractivity contribution in [2.75, 3.05) is 0 Å². The van der Waals surface area contributed by atoms with Crippen LogP contribution in [0.15, 0.2) is 36.4 Å². The molecule has 0 bridgehead atoms. The predicted octanol–water partition coefficient (Wildman–Crippen LogP) is 5.25. The Kier molecular flexibility index (Phi) is 6.10. The first kappa shape index (κ1) is 20.3. The van der Waals surface area contributed by atoms with E-state index in [9.17, 15) is 9.59 Å². The smallest absolute Gasteiger partial charge is 0.449 e. The minimum Gasteiger partial charge on any atom is -0.449 e. The van der Waals surface area contributed by atoms with Crippen LogP contribution >= 0.6 is 0 Å². The van der Waals surface area contributed by atoms with Gasteiger partial charge in [0.1, 0.15) is 11.5 Å². The molecule has 2 rings (SSSR count). The second-order valence-electron chi connectivity index (χ2n) is 6.66. The van der Waals surface area contributed by atoms with Gasteiger partial charge in [0.2, 0.25) is 0 Å². The van der Waals surface area contributed by atoms with Crippen LogP contribution in [0.5, 0.6) is 11.5 Å². The van der Waals surface area contributed by atoms with Crippen LogP contribution in [0.1, 0.15) is 49.9 Å². The van der Waals surface area contributed by atoms with Gasteiger partial charge in [-0.15, -0.1) is 0 Å². The van der Waals surface area contributed by atoms with E-state index in [1.807, 2.05) is 32.0 Å². The maximum Gasteiger partial charge on any atom is 0.511 e. The van der Waals surface area contributed by atoms with E-state index in [1.54, 1.807) is 18.2 Å². The molecule has 0 aromatic heterocycles. The van der Waals surface area contributed by atoms with Crippen molar-refractivity contribution in [1.29, 1.82) is 0 Å². The Morgan fingerprint density at radius 2 is 1.41 bits per heavy atom. The number of carbonyl (C=O) groups is 2. The van der Waals surface area contributed by atoms with Gasteiger partial charge in [0, 0.05) is 5.41 Å². The molecule has 0 atom stereocenters. The third-order valence-electron chi connectivity index (χ3n) is 4.75. The van der Waals surface area contributed by atoms with Crippen molar-refractivity contribution in [3.05, 3.63) is 58.7 Å². The van der Waals surface area contributed by atoms with E-state index in [0.29, 0.717) is 12.2 Å². The molecule has 2 N–H and O–H groups in total. The molecule has 0 aliphatic heterocycles. The van der Waals surface area contributed by atoms with Crippen LogP contribution in [0.3, 0.4) is 0 Å². The highest BCUT2D eigenvalue weighted by atomic mass is 16.7. The molecule has 6 heteroatoms. The molecular formula is C21H24O6. The summed E-state index contributed by atoms with van der Waals surface area (Å²) in [7, 11) is 0. The molecule has 0 aliphatic carbocycles. The maximum absolute atomic E-state index is 11.0. The fourth-order valence-electron chi connectivity index (χ4n) is 3.43. The Labute approximate surface area is 158 Å². The topological polar surface area (TPSA) is 93.1 Å². The number of hydrogen-bond donors (Lipinski definition) is 2. The first-order chi connectivity index (χ1) is 12.7. The standard InChI is InChI=1S/C21H24O6/c1-5-15-16(6-2)18(27-20(24)25)12-11-17(15)21(3,4)13-7-9-14(10-8-13)26-19(22)23/h7-12H,5-6H2,1-4H3,(H,22,23)(H,24,25). The summed E-state index contributed by atoms with van der Waals surface area (Å²) in [6.07, 6.45) is -1.29. The lowest BCUT2D eigenvalue weighted by Gasteiger charge is -2.30. The zero-order valence-corrected chi connectivity index (χ0v) is 15.9. The first-order valence-electron chi connectivity index (χ1n) is 8.78. The van der Waals surface area contributed by atoms with Crippen LogP contribution in [0.25, 0.3) is 0 Å². The molecule has 0 saturated carbocycles. The van der Waals surface area contributed by atoms with Gasteiger partial charge in [-0.05, 0) is 53.3 Å². The minimum absolute atomic E-state index is 0.261. The fraction of sp³-hybridized carbons (Fsp3) is 0.333. The molecule has 0 fully saturated rings. The summed E-state index contributed by atoms with van der Waals surface area (Å²) in [6, 6.07) is 10.5. The van der Waals surface area contributed by atoms with Crippen LogP contribution < -0.4 is 9.47 Å². The average molecular weight is 372 g/mol. The second-order valence-corrected chi connectivity index (χ2v) is 6.66. The molecule has 6 nitrogen and oxygen atoms in total. The summed E-state index contributed by atoms with van der Waals surface area (Å²) in [5, 5.41) is 17.7. The molecular weight excluding hydrogens is 348 g/mol. The molecule has 0 amide bonds. The summed E-state index contributed by atoms with van der Waals surface area (Å²) < 4.78 is 9.62. The number of ether oxygens (including phenoxy) is 2. The lowest BCUT2D eigenvalue weighted by molar-refractivity contribution is 0.142. The van der Waals surface area contributed by atoms with E-state index in [4.69, 9.17) is 14.9 Å². The van der Waals surface area contributed by atoms with Gasteiger partial charge in [0.25, 0.3) is 0 Å². The molecule has 0 heterocycles. The number of carboxylic acid groups (broad SMARTS) is 2. The first-order valence-corrected chi connectivity index (χ1v) is 8.78. The third kappa shape index (κ3) is 4.39. The third-order valence-corrected chi connectivity index (χ3v) is 4.75. The van der Waals surface area contributed by atoms with Gasteiger partial charge in [-0.2, -0.15) is 0 Å². The van der Waals surface area contributed by atoms with E-state index in [1.165, 1.54) is 0 Å². The lowest BCUT2D eigenvalue weighted by Crippen LogP contribution is -2.22. The predicted molar refractivity (Wildman–Crippen MR) is 101 cm³/mol. The molecule has 0 unspecified atom stereocenters. The van der Waals surface area contributed by atoms with Gasteiger partial charge in [-0.1, -0.05) is 45.9 Å². The summed E-state index contributed by atoms with van der Waals surface area (Å²) in [5.74, 6) is 0.629. The number of rotatable bonds is 6. The minimum atomic E-state index is -1.35. The Bertz CT molecular complexity index is 836. The summed E-state index contributed by atoms with van der Waals surface area (Å²) in [5.41, 5.74) is 3.64. The van der Waals surface area contributed by atoms with Crippen molar-refractivity contribution < 1.29 is 29.3 Å². The Hall–Kier alpha value is -3.02. The van der Waals surface area contributed by atoms with Crippen molar-refractivity contribution in [2.45, 2.75) is 46.0 Å². The summed E-state index contributed by atoms with van der Waals surface area (Å²) in [4.78, 5) is 21.6. The highest BCUT2D eigenvalue weighted by Crippen LogP contribution is 2.38. The van der Waals surface area contributed by atoms with E-state index in [-0.39, 0.29) is 11.2 Å². The van der Waals surface area contributed by atoms with Gasteiger partial charge in [0.05, 0.1) is 0 Å². The largest absolute Gasteiger partial charge is 0.511 e.